The maximum absolute atomic E-state index is 2.78. The van der Waals surface area contributed by atoms with Gasteiger partial charge in [-0.25, -0.2) is 0 Å². The highest BCUT2D eigenvalue weighted by atomic mass is 15.3. The Morgan fingerprint density at radius 3 is 2.06 bits per heavy atom. The molecule has 0 unspecified atom stereocenters. The van der Waals surface area contributed by atoms with Gasteiger partial charge in [0.25, 0.3) is 0 Å². The van der Waals surface area contributed by atoms with Gasteiger partial charge in [0.1, 0.15) is 0 Å². The zero-order valence-corrected chi connectivity index (χ0v) is 12.7. The summed E-state index contributed by atoms with van der Waals surface area (Å²) in [6.07, 6.45) is 8.75. The van der Waals surface area contributed by atoms with Crippen molar-refractivity contribution in [2.45, 2.75) is 71.4 Å². The molecule has 0 bridgehead atoms. The van der Waals surface area contributed by atoms with E-state index in [2.05, 4.69) is 30.6 Å². The van der Waals surface area contributed by atoms with Gasteiger partial charge >= 0.3 is 0 Å². The molecule has 2 rings (SSSR count). The van der Waals surface area contributed by atoms with Crippen molar-refractivity contribution in [3.8, 4) is 0 Å². The van der Waals surface area contributed by atoms with E-state index in [0.717, 1.165) is 18.0 Å². The summed E-state index contributed by atoms with van der Waals surface area (Å²) in [6, 6.07) is 1.64. The van der Waals surface area contributed by atoms with Gasteiger partial charge in [-0.15, -0.1) is 0 Å². The van der Waals surface area contributed by atoms with Crippen molar-refractivity contribution in [3.05, 3.63) is 0 Å². The van der Waals surface area contributed by atoms with E-state index in [1.54, 1.807) is 0 Å². The Bertz CT molecular complexity index is 223. The van der Waals surface area contributed by atoms with Crippen molar-refractivity contribution in [1.82, 2.24) is 9.80 Å². The predicted octanol–water partition coefficient (Wildman–Crippen LogP) is 3.37. The van der Waals surface area contributed by atoms with Crippen LogP contribution in [0.15, 0.2) is 0 Å². The van der Waals surface area contributed by atoms with Crippen LogP contribution in [0.5, 0.6) is 0 Å². The van der Waals surface area contributed by atoms with Crippen LogP contribution in [-0.2, 0) is 0 Å². The average Bonchev–Trinajstić information content (AvgIpc) is 2.40. The fraction of sp³-hybridized carbons (Fsp3) is 1.00. The summed E-state index contributed by atoms with van der Waals surface area (Å²) in [5, 5.41) is 0. The lowest BCUT2D eigenvalue weighted by Gasteiger charge is -2.43. The van der Waals surface area contributed by atoms with Gasteiger partial charge in [0.2, 0.25) is 0 Å². The number of hydrogen-bond donors (Lipinski definition) is 0. The SMILES string of the molecule is CCCC1CCC(N2CCN(C(C)C)CC2)CC1. The van der Waals surface area contributed by atoms with Crippen molar-refractivity contribution in [2.75, 3.05) is 26.2 Å². The van der Waals surface area contributed by atoms with Crippen LogP contribution >= 0.6 is 0 Å². The van der Waals surface area contributed by atoms with E-state index in [-0.39, 0.29) is 0 Å². The lowest BCUT2D eigenvalue weighted by atomic mass is 9.83. The highest BCUT2D eigenvalue weighted by Gasteiger charge is 2.28. The first-order valence-corrected chi connectivity index (χ1v) is 8.18. The van der Waals surface area contributed by atoms with Crippen molar-refractivity contribution in [2.24, 2.45) is 5.92 Å². The third-order valence-electron chi connectivity index (χ3n) is 5.11. The van der Waals surface area contributed by atoms with Crippen molar-refractivity contribution in [1.29, 1.82) is 0 Å². The molecule has 2 nitrogen and oxygen atoms in total. The first-order valence-electron chi connectivity index (χ1n) is 8.18. The van der Waals surface area contributed by atoms with Crippen LogP contribution < -0.4 is 0 Å². The highest BCUT2D eigenvalue weighted by molar-refractivity contribution is 4.83. The first kappa shape index (κ1) is 14.3. The van der Waals surface area contributed by atoms with E-state index >= 15 is 0 Å². The van der Waals surface area contributed by atoms with Gasteiger partial charge in [-0.2, -0.15) is 0 Å². The fourth-order valence-electron chi connectivity index (χ4n) is 3.83. The van der Waals surface area contributed by atoms with Crippen LogP contribution in [0.25, 0.3) is 0 Å². The maximum atomic E-state index is 2.78. The fourth-order valence-corrected chi connectivity index (χ4v) is 3.83. The molecule has 0 aromatic carbocycles. The van der Waals surface area contributed by atoms with Gasteiger partial charge in [-0.3, -0.25) is 9.80 Å². The minimum atomic E-state index is 0.729. The molecule has 18 heavy (non-hydrogen) atoms. The smallest absolute Gasteiger partial charge is 0.0113 e. The summed E-state index contributed by atoms with van der Waals surface area (Å²) in [5.41, 5.74) is 0. The van der Waals surface area contributed by atoms with E-state index in [0.29, 0.717) is 0 Å². The number of rotatable bonds is 4. The van der Waals surface area contributed by atoms with Crippen LogP contribution in [0.1, 0.15) is 59.3 Å². The molecule has 0 atom stereocenters. The Kier molecular flexibility index (Phi) is 5.50. The first-order chi connectivity index (χ1) is 8.70. The van der Waals surface area contributed by atoms with E-state index < -0.39 is 0 Å². The van der Waals surface area contributed by atoms with E-state index in [1.807, 2.05) is 0 Å². The molecule has 0 aromatic heterocycles. The normalized spacial score (nSPS) is 32.0. The standard InChI is InChI=1S/C16H32N2/c1-4-5-15-6-8-16(9-7-15)18-12-10-17(11-13-18)14(2)3/h14-16H,4-13H2,1-3H3. The predicted molar refractivity (Wildman–Crippen MR) is 78.9 cm³/mol. The van der Waals surface area contributed by atoms with Gasteiger partial charge in [0.05, 0.1) is 0 Å². The molecule has 1 saturated heterocycles. The number of nitrogens with zero attached hydrogens (tertiary/aromatic N) is 2. The maximum Gasteiger partial charge on any atom is 0.0113 e. The van der Waals surface area contributed by atoms with Crippen LogP contribution in [0.3, 0.4) is 0 Å². The molecular weight excluding hydrogens is 220 g/mol. The second-order valence-corrected chi connectivity index (χ2v) is 6.63. The van der Waals surface area contributed by atoms with Crippen molar-refractivity contribution in [3.63, 3.8) is 0 Å². The minimum Gasteiger partial charge on any atom is -0.298 e. The topological polar surface area (TPSA) is 6.48 Å². The van der Waals surface area contributed by atoms with E-state index in [1.165, 1.54) is 64.7 Å². The molecule has 1 heterocycles. The molecule has 1 aliphatic heterocycles. The Hall–Kier alpha value is -0.0800. The van der Waals surface area contributed by atoms with Gasteiger partial charge in [-0.05, 0) is 45.4 Å². The van der Waals surface area contributed by atoms with Crippen LogP contribution in [-0.4, -0.2) is 48.1 Å². The summed E-state index contributed by atoms with van der Waals surface area (Å²) < 4.78 is 0. The Labute approximate surface area is 114 Å². The Morgan fingerprint density at radius 2 is 1.56 bits per heavy atom. The lowest BCUT2D eigenvalue weighted by molar-refractivity contribution is 0.0568. The lowest BCUT2D eigenvalue weighted by Crippen LogP contribution is -2.52. The van der Waals surface area contributed by atoms with Gasteiger partial charge in [0, 0.05) is 38.3 Å². The molecule has 0 radical (unpaired) electrons. The minimum absolute atomic E-state index is 0.729. The van der Waals surface area contributed by atoms with Crippen molar-refractivity contribution >= 4 is 0 Å². The van der Waals surface area contributed by atoms with Gasteiger partial charge in [0.15, 0.2) is 0 Å². The largest absolute Gasteiger partial charge is 0.298 e. The third-order valence-corrected chi connectivity index (χ3v) is 5.11. The second-order valence-electron chi connectivity index (χ2n) is 6.63. The second kappa shape index (κ2) is 6.91. The molecule has 2 aliphatic rings. The van der Waals surface area contributed by atoms with Gasteiger partial charge < -0.3 is 0 Å². The number of hydrogen-bond acceptors (Lipinski definition) is 2. The summed E-state index contributed by atoms with van der Waals surface area (Å²) in [6.45, 7) is 12.2. The summed E-state index contributed by atoms with van der Waals surface area (Å²) >= 11 is 0. The molecule has 1 aliphatic carbocycles. The molecule has 0 amide bonds. The van der Waals surface area contributed by atoms with Gasteiger partial charge in [-0.1, -0.05) is 19.8 Å². The van der Waals surface area contributed by atoms with Crippen LogP contribution in [0, 0.1) is 5.92 Å². The Balaban J connectivity index is 1.71. The molecule has 0 aromatic rings. The zero-order chi connectivity index (χ0) is 13.0. The summed E-state index contributed by atoms with van der Waals surface area (Å²) in [4.78, 5) is 5.40. The van der Waals surface area contributed by atoms with E-state index in [4.69, 9.17) is 0 Å². The van der Waals surface area contributed by atoms with Crippen LogP contribution in [0.4, 0.5) is 0 Å². The third kappa shape index (κ3) is 3.71. The van der Waals surface area contributed by atoms with Crippen molar-refractivity contribution < 1.29 is 0 Å². The molecule has 0 spiro atoms. The Morgan fingerprint density at radius 1 is 0.944 bits per heavy atom. The number of piperazine rings is 1. The summed E-state index contributed by atoms with van der Waals surface area (Å²) in [7, 11) is 0. The molecule has 106 valence electrons. The molecule has 0 N–H and O–H groups in total. The zero-order valence-electron chi connectivity index (χ0n) is 12.7. The monoisotopic (exact) mass is 252 g/mol. The molecule has 1 saturated carbocycles. The molecular formula is C16H32N2. The molecule has 2 heteroatoms. The highest BCUT2D eigenvalue weighted by Crippen LogP contribution is 2.30. The summed E-state index contributed by atoms with van der Waals surface area (Å²) in [5.74, 6) is 1.04. The quantitative estimate of drug-likeness (QED) is 0.757. The average molecular weight is 252 g/mol. The molecule has 2 fully saturated rings. The van der Waals surface area contributed by atoms with E-state index in [9.17, 15) is 0 Å². The van der Waals surface area contributed by atoms with Crippen LogP contribution in [0.2, 0.25) is 0 Å².